The van der Waals surface area contributed by atoms with Gasteiger partial charge in [0, 0.05) is 48.5 Å². The van der Waals surface area contributed by atoms with Crippen LogP contribution in [-0.2, 0) is 13.5 Å². The van der Waals surface area contributed by atoms with Gasteiger partial charge in [0.15, 0.2) is 0 Å². The summed E-state index contributed by atoms with van der Waals surface area (Å²) in [5.74, 6) is 0. The number of hydrogen-bond donors (Lipinski definition) is 0. The summed E-state index contributed by atoms with van der Waals surface area (Å²) in [6.45, 7) is 1.13. The number of aryl methyl sites for hydroxylation is 1. The van der Waals surface area contributed by atoms with E-state index in [2.05, 4.69) is 72.1 Å². The number of benzene rings is 2. The Morgan fingerprint density at radius 1 is 0.950 bits per heavy atom. The molecule has 1 aliphatic heterocycles. The van der Waals surface area contributed by atoms with Crippen molar-refractivity contribution in [1.29, 1.82) is 0 Å². The molecular formula is C18H18N2. The van der Waals surface area contributed by atoms with Crippen LogP contribution in [0.2, 0.25) is 0 Å². The Morgan fingerprint density at radius 3 is 2.65 bits per heavy atom. The van der Waals surface area contributed by atoms with Gasteiger partial charge in [0.2, 0.25) is 0 Å². The van der Waals surface area contributed by atoms with Crippen LogP contribution in [0.1, 0.15) is 5.56 Å². The summed E-state index contributed by atoms with van der Waals surface area (Å²) in [5, 5.41) is 1.30. The maximum atomic E-state index is 2.35. The standard InChI is InChI=1S/C18H18N2/c1-19-10-9-13-7-8-15(11-17(13)19)18-12-14-5-3-4-6-16(14)20(18)2/h3-8,11-12H,9-10H2,1-2H3. The lowest BCUT2D eigenvalue weighted by Crippen LogP contribution is -2.12. The lowest BCUT2D eigenvalue weighted by Gasteiger charge is -2.13. The molecule has 2 heterocycles. The topological polar surface area (TPSA) is 8.17 Å². The Balaban J connectivity index is 1.91. The molecule has 0 fully saturated rings. The molecule has 3 aromatic rings. The molecule has 0 N–H and O–H groups in total. The van der Waals surface area contributed by atoms with Crippen molar-refractivity contribution < 1.29 is 0 Å². The molecule has 0 amide bonds. The predicted molar refractivity (Wildman–Crippen MR) is 85.3 cm³/mol. The van der Waals surface area contributed by atoms with Crippen LogP contribution in [0.15, 0.2) is 48.5 Å². The largest absolute Gasteiger partial charge is 0.374 e. The molecule has 1 aliphatic rings. The van der Waals surface area contributed by atoms with Crippen LogP contribution in [0.3, 0.4) is 0 Å². The van der Waals surface area contributed by atoms with Crippen molar-refractivity contribution in [3.05, 3.63) is 54.1 Å². The molecular weight excluding hydrogens is 244 g/mol. The van der Waals surface area contributed by atoms with Crippen LogP contribution in [-0.4, -0.2) is 18.2 Å². The number of hydrogen-bond acceptors (Lipinski definition) is 1. The number of nitrogens with zero attached hydrogens (tertiary/aromatic N) is 2. The van der Waals surface area contributed by atoms with Gasteiger partial charge in [0.05, 0.1) is 0 Å². The summed E-state index contributed by atoms with van der Waals surface area (Å²) in [6.07, 6.45) is 1.17. The van der Waals surface area contributed by atoms with Crippen molar-refractivity contribution in [1.82, 2.24) is 4.57 Å². The maximum Gasteiger partial charge on any atom is 0.0489 e. The normalized spacial score (nSPS) is 14.0. The average Bonchev–Trinajstić information content (AvgIpc) is 3.01. The van der Waals surface area contributed by atoms with Crippen molar-refractivity contribution in [2.75, 3.05) is 18.5 Å². The lowest BCUT2D eigenvalue weighted by molar-refractivity contribution is 0.956. The molecule has 0 unspecified atom stereocenters. The Bertz CT molecular complexity index is 798. The fourth-order valence-corrected chi connectivity index (χ4v) is 3.26. The average molecular weight is 262 g/mol. The smallest absolute Gasteiger partial charge is 0.0489 e. The molecule has 2 heteroatoms. The number of aromatic nitrogens is 1. The molecule has 4 rings (SSSR count). The van der Waals surface area contributed by atoms with Gasteiger partial charge in [-0.1, -0.05) is 30.3 Å². The van der Waals surface area contributed by atoms with Gasteiger partial charge in [0.1, 0.15) is 0 Å². The number of rotatable bonds is 1. The molecule has 2 aromatic carbocycles. The van der Waals surface area contributed by atoms with Crippen LogP contribution in [0.4, 0.5) is 5.69 Å². The van der Waals surface area contributed by atoms with Crippen LogP contribution in [0.25, 0.3) is 22.2 Å². The van der Waals surface area contributed by atoms with E-state index in [0.717, 1.165) is 6.54 Å². The fraction of sp³-hybridized carbons (Fsp3) is 0.222. The highest BCUT2D eigenvalue weighted by atomic mass is 15.1. The number of likely N-dealkylation sites (N-methyl/N-ethyl adjacent to an activating group) is 1. The Labute approximate surface area is 119 Å². The van der Waals surface area contributed by atoms with Crippen LogP contribution in [0.5, 0.6) is 0 Å². The summed E-state index contributed by atoms with van der Waals surface area (Å²) < 4.78 is 2.28. The van der Waals surface area contributed by atoms with Crippen molar-refractivity contribution >= 4 is 16.6 Å². The van der Waals surface area contributed by atoms with E-state index in [1.807, 2.05) is 0 Å². The fourth-order valence-electron chi connectivity index (χ4n) is 3.26. The maximum absolute atomic E-state index is 2.35. The molecule has 0 saturated carbocycles. The lowest BCUT2D eigenvalue weighted by atomic mass is 10.1. The van der Waals surface area contributed by atoms with Gasteiger partial charge < -0.3 is 9.47 Å². The number of para-hydroxylation sites is 1. The summed E-state index contributed by atoms with van der Waals surface area (Å²) in [4.78, 5) is 2.35. The van der Waals surface area contributed by atoms with E-state index >= 15 is 0 Å². The van der Waals surface area contributed by atoms with Gasteiger partial charge in [-0.15, -0.1) is 0 Å². The van der Waals surface area contributed by atoms with E-state index in [0.29, 0.717) is 0 Å². The molecule has 0 bridgehead atoms. The first-order valence-corrected chi connectivity index (χ1v) is 7.13. The van der Waals surface area contributed by atoms with E-state index in [4.69, 9.17) is 0 Å². The predicted octanol–water partition coefficient (Wildman–Crippen LogP) is 3.84. The van der Waals surface area contributed by atoms with Crippen LogP contribution in [0, 0.1) is 0 Å². The van der Waals surface area contributed by atoms with Crippen molar-refractivity contribution in [3.8, 4) is 11.3 Å². The van der Waals surface area contributed by atoms with Gasteiger partial charge in [-0.25, -0.2) is 0 Å². The zero-order valence-electron chi connectivity index (χ0n) is 11.9. The van der Waals surface area contributed by atoms with Crippen molar-refractivity contribution in [3.63, 3.8) is 0 Å². The highest BCUT2D eigenvalue weighted by molar-refractivity contribution is 5.87. The second-order valence-corrected chi connectivity index (χ2v) is 5.66. The summed E-state index contributed by atoms with van der Waals surface area (Å²) in [7, 11) is 4.33. The molecule has 0 spiro atoms. The SMILES string of the molecule is CN1CCc2ccc(-c3cc4ccccc4n3C)cc21. The van der Waals surface area contributed by atoms with Gasteiger partial charge in [-0.3, -0.25) is 0 Å². The minimum absolute atomic E-state index is 1.13. The van der Waals surface area contributed by atoms with Crippen molar-refractivity contribution in [2.24, 2.45) is 7.05 Å². The second-order valence-electron chi connectivity index (χ2n) is 5.66. The highest BCUT2D eigenvalue weighted by Crippen LogP contribution is 2.33. The number of anilines is 1. The zero-order valence-corrected chi connectivity index (χ0v) is 11.9. The highest BCUT2D eigenvalue weighted by Gasteiger charge is 2.17. The Morgan fingerprint density at radius 2 is 1.80 bits per heavy atom. The summed E-state index contributed by atoms with van der Waals surface area (Å²) in [6, 6.07) is 17.7. The molecule has 0 atom stereocenters. The zero-order chi connectivity index (χ0) is 13.7. The van der Waals surface area contributed by atoms with Crippen LogP contribution < -0.4 is 4.90 Å². The molecule has 0 radical (unpaired) electrons. The first-order chi connectivity index (χ1) is 9.74. The second kappa shape index (κ2) is 4.14. The third-order valence-corrected chi connectivity index (χ3v) is 4.46. The minimum Gasteiger partial charge on any atom is -0.374 e. The quantitative estimate of drug-likeness (QED) is 0.647. The molecule has 0 saturated heterocycles. The Kier molecular flexibility index (Phi) is 2.40. The third kappa shape index (κ3) is 1.58. The molecule has 0 aliphatic carbocycles. The van der Waals surface area contributed by atoms with Crippen LogP contribution >= 0.6 is 0 Å². The van der Waals surface area contributed by atoms with E-state index in [9.17, 15) is 0 Å². The van der Waals surface area contributed by atoms with E-state index in [-0.39, 0.29) is 0 Å². The van der Waals surface area contributed by atoms with Crippen molar-refractivity contribution in [2.45, 2.75) is 6.42 Å². The van der Waals surface area contributed by atoms with Gasteiger partial charge in [-0.2, -0.15) is 0 Å². The first kappa shape index (κ1) is 11.6. The van der Waals surface area contributed by atoms with Gasteiger partial charge >= 0.3 is 0 Å². The molecule has 1 aromatic heterocycles. The van der Waals surface area contributed by atoms with E-state index < -0.39 is 0 Å². The minimum atomic E-state index is 1.13. The van der Waals surface area contributed by atoms with Gasteiger partial charge in [0.25, 0.3) is 0 Å². The first-order valence-electron chi connectivity index (χ1n) is 7.13. The summed E-state index contributed by atoms with van der Waals surface area (Å²) in [5.41, 5.74) is 6.73. The molecule has 2 nitrogen and oxygen atoms in total. The monoisotopic (exact) mass is 262 g/mol. The van der Waals surface area contributed by atoms with E-state index in [1.165, 1.54) is 39.8 Å². The molecule has 100 valence electrons. The molecule has 20 heavy (non-hydrogen) atoms. The van der Waals surface area contributed by atoms with E-state index in [1.54, 1.807) is 0 Å². The third-order valence-electron chi connectivity index (χ3n) is 4.46. The number of fused-ring (bicyclic) bond motifs is 2. The summed E-state index contributed by atoms with van der Waals surface area (Å²) >= 11 is 0. The van der Waals surface area contributed by atoms with Gasteiger partial charge in [-0.05, 0) is 30.2 Å². The Hall–Kier alpha value is -2.22.